The monoisotopic (exact) mass is 536 g/mol. The molecular formula is C25H32N2O7S2. The van der Waals surface area contributed by atoms with Gasteiger partial charge in [0, 0.05) is 31.7 Å². The lowest BCUT2D eigenvalue weighted by Gasteiger charge is -2.51. The molecule has 2 saturated heterocycles. The fourth-order valence-electron chi connectivity index (χ4n) is 5.92. The average Bonchev–Trinajstić information content (AvgIpc) is 3.28. The van der Waals surface area contributed by atoms with Crippen molar-refractivity contribution >= 4 is 20.1 Å². The summed E-state index contributed by atoms with van der Waals surface area (Å²) in [6.07, 6.45) is 5.37. The van der Waals surface area contributed by atoms with E-state index in [4.69, 9.17) is 14.0 Å². The van der Waals surface area contributed by atoms with E-state index in [1.807, 2.05) is 6.92 Å². The lowest BCUT2D eigenvalue weighted by atomic mass is 9.77. The Kier molecular flexibility index (Phi) is 6.80. The third-order valence-corrected chi connectivity index (χ3v) is 9.82. The molecule has 2 fully saturated rings. The Labute approximate surface area is 212 Å². The van der Waals surface area contributed by atoms with Crippen LogP contribution in [-0.2, 0) is 26.6 Å². The van der Waals surface area contributed by atoms with Gasteiger partial charge in [0.25, 0.3) is 10.1 Å². The van der Waals surface area contributed by atoms with Gasteiger partial charge >= 0.3 is 0 Å². The van der Waals surface area contributed by atoms with Crippen molar-refractivity contribution in [2.45, 2.75) is 49.6 Å². The molecule has 2 aromatic carbocycles. The Hall–Kier alpha value is -2.18. The van der Waals surface area contributed by atoms with Crippen LogP contribution in [-0.4, -0.2) is 69.3 Å². The quantitative estimate of drug-likeness (QED) is 0.583. The van der Waals surface area contributed by atoms with Crippen LogP contribution in [0.25, 0.3) is 0 Å². The number of ether oxygens (including phenoxy) is 2. The number of hydrogen-bond donors (Lipinski definition) is 1. The average molecular weight is 537 g/mol. The van der Waals surface area contributed by atoms with Crippen molar-refractivity contribution in [3.05, 3.63) is 53.1 Å². The lowest BCUT2D eigenvalue weighted by Crippen LogP contribution is -2.57. The molecule has 0 spiro atoms. The Morgan fingerprint density at radius 1 is 1.00 bits per heavy atom. The van der Waals surface area contributed by atoms with Crippen LogP contribution in [0.5, 0.6) is 11.5 Å². The summed E-state index contributed by atoms with van der Waals surface area (Å²) in [5, 5.41) is 0. The molecule has 1 N–H and O–H groups in total. The molecule has 0 amide bonds. The summed E-state index contributed by atoms with van der Waals surface area (Å²) in [7, 11) is -7.17. The first-order valence-electron chi connectivity index (χ1n) is 12.2. The molecule has 36 heavy (non-hydrogen) atoms. The molecule has 0 radical (unpaired) electrons. The molecule has 6 rings (SSSR count). The van der Waals surface area contributed by atoms with Crippen molar-refractivity contribution in [2.75, 3.05) is 32.7 Å². The first kappa shape index (κ1) is 25.5. The minimum atomic E-state index is -4.02. The molecule has 4 aliphatic rings. The van der Waals surface area contributed by atoms with E-state index in [0.717, 1.165) is 55.8 Å². The SMILES string of the molecule is CS(=O)(=O)N1CCC[C@@H]2CN3CCc4cc5c(cc4[C@@H]3C[C@@H]21)OCO5.Cc1ccc(S(=O)(=O)O)cc1. The highest BCUT2D eigenvalue weighted by molar-refractivity contribution is 7.88. The lowest BCUT2D eigenvalue weighted by molar-refractivity contribution is 0.0222. The summed E-state index contributed by atoms with van der Waals surface area (Å²) in [6, 6.07) is 10.6. The van der Waals surface area contributed by atoms with Gasteiger partial charge < -0.3 is 9.47 Å². The van der Waals surface area contributed by atoms with E-state index in [2.05, 4.69) is 17.0 Å². The first-order chi connectivity index (χ1) is 17.0. The topological polar surface area (TPSA) is 113 Å². The standard InChI is InChI=1S/C18H24N2O4S.C7H8O3S/c1-25(21,22)20-5-2-3-13-10-19-6-4-12-7-17-18(24-11-23-17)8-14(12)16(19)9-15(13)20;1-6-2-4-7(5-3-6)11(8,9)10/h7-8,13,15-16H,2-6,9-11H2,1H3;2-5H,1H3,(H,8,9,10)/t13-,15+,16+;/m1./s1. The Morgan fingerprint density at radius 2 is 1.69 bits per heavy atom. The number of rotatable bonds is 2. The Morgan fingerprint density at radius 3 is 2.36 bits per heavy atom. The first-order valence-corrected chi connectivity index (χ1v) is 15.5. The van der Waals surface area contributed by atoms with Crippen LogP contribution >= 0.6 is 0 Å². The van der Waals surface area contributed by atoms with Crippen molar-refractivity contribution in [3.8, 4) is 11.5 Å². The summed E-state index contributed by atoms with van der Waals surface area (Å²) in [5.41, 5.74) is 3.58. The molecular weight excluding hydrogens is 504 g/mol. The third-order valence-electron chi connectivity index (χ3n) is 7.65. The summed E-state index contributed by atoms with van der Waals surface area (Å²) in [5.74, 6) is 2.12. The smallest absolute Gasteiger partial charge is 0.294 e. The molecule has 4 aliphatic heterocycles. The van der Waals surface area contributed by atoms with E-state index in [1.165, 1.54) is 29.5 Å². The molecule has 0 aromatic heterocycles. The van der Waals surface area contributed by atoms with E-state index >= 15 is 0 Å². The zero-order valence-electron chi connectivity index (χ0n) is 20.5. The fourth-order valence-corrected chi connectivity index (χ4v) is 7.61. The van der Waals surface area contributed by atoms with Crippen LogP contribution in [0.2, 0.25) is 0 Å². The zero-order chi connectivity index (χ0) is 25.7. The highest BCUT2D eigenvalue weighted by Crippen LogP contribution is 2.46. The summed E-state index contributed by atoms with van der Waals surface area (Å²) in [4.78, 5) is 2.49. The van der Waals surface area contributed by atoms with Crippen LogP contribution < -0.4 is 9.47 Å². The second-order valence-electron chi connectivity index (χ2n) is 10.0. The molecule has 3 atom stereocenters. The molecule has 0 aliphatic carbocycles. The molecule has 0 unspecified atom stereocenters. The summed E-state index contributed by atoms with van der Waals surface area (Å²) in [6.45, 7) is 4.84. The van der Waals surface area contributed by atoms with Crippen molar-refractivity contribution in [2.24, 2.45) is 5.92 Å². The second-order valence-corrected chi connectivity index (χ2v) is 13.4. The maximum absolute atomic E-state index is 12.3. The predicted octanol–water partition coefficient (Wildman–Crippen LogP) is 3.00. The summed E-state index contributed by atoms with van der Waals surface area (Å²) >= 11 is 0. The van der Waals surface area contributed by atoms with E-state index in [1.54, 1.807) is 16.4 Å². The Bertz CT molecular complexity index is 1340. The number of piperidine rings is 2. The van der Waals surface area contributed by atoms with Gasteiger partial charge in [-0.2, -0.15) is 12.7 Å². The van der Waals surface area contributed by atoms with Gasteiger partial charge in [-0.3, -0.25) is 9.45 Å². The van der Waals surface area contributed by atoms with Gasteiger partial charge in [0.15, 0.2) is 11.5 Å². The highest BCUT2D eigenvalue weighted by Gasteiger charge is 2.45. The number of hydrogen-bond acceptors (Lipinski definition) is 7. The normalized spacial score (nSPS) is 25.7. The van der Waals surface area contributed by atoms with Crippen molar-refractivity contribution in [1.29, 1.82) is 0 Å². The van der Waals surface area contributed by atoms with Crippen LogP contribution in [0, 0.1) is 12.8 Å². The van der Waals surface area contributed by atoms with Crippen LogP contribution in [0.3, 0.4) is 0 Å². The highest BCUT2D eigenvalue weighted by atomic mass is 32.2. The second kappa shape index (κ2) is 9.60. The third kappa shape index (κ3) is 5.12. The number of fused-ring (bicyclic) bond motifs is 5. The molecule has 2 aromatic rings. The number of aryl methyl sites for hydroxylation is 1. The van der Waals surface area contributed by atoms with Gasteiger partial charge in [0.2, 0.25) is 16.8 Å². The molecule has 0 bridgehead atoms. The number of sulfonamides is 1. The van der Waals surface area contributed by atoms with Crippen LogP contribution in [0.4, 0.5) is 0 Å². The van der Waals surface area contributed by atoms with Gasteiger partial charge in [0.1, 0.15) is 0 Å². The predicted molar refractivity (Wildman–Crippen MR) is 134 cm³/mol. The van der Waals surface area contributed by atoms with Crippen LogP contribution in [0.1, 0.15) is 42.0 Å². The van der Waals surface area contributed by atoms with Gasteiger partial charge in [-0.15, -0.1) is 0 Å². The molecule has 11 heteroatoms. The van der Waals surface area contributed by atoms with Crippen molar-refractivity contribution < 1.29 is 30.9 Å². The van der Waals surface area contributed by atoms with Crippen molar-refractivity contribution in [3.63, 3.8) is 0 Å². The largest absolute Gasteiger partial charge is 0.454 e. The molecule has 4 heterocycles. The van der Waals surface area contributed by atoms with E-state index in [-0.39, 0.29) is 17.0 Å². The zero-order valence-corrected chi connectivity index (χ0v) is 22.1. The van der Waals surface area contributed by atoms with Gasteiger partial charge in [-0.05, 0) is 73.9 Å². The van der Waals surface area contributed by atoms with E-state index in [9.17, 15) is 16.8 Å². The molecule has 0 saturated carbocycles. The maximum atomic E-state index is 12.3. The van der Waals surface area contributed by atoms with Gasteiger partial charge in [-0.25, -0.2) is 8.42 Å². The Balaban J connectivity index is 0.000000205. The molecule has 196 valence electrons. The minimum Gasteiger partial charge on any atom is -0.454 e. The number of benzene rings is 2. The van der Waals surface area contributed by atoms with Gasteiger partial charge in [-0.1, -0.05) is 17.7 Å². The van der Waals surface area contributed by atoms with Crippen molar-refractivity contribution in [1.82, 2.24) is 9.21 Å². The summed E-state index contributed by atoms with van der Waals surface area (Å²) < 4.78 is 67.0. The van der Waals surface area contributed by atoms with Crippen LogP contribution in [0.15, 0.2) is 41.3 Å². The fraction of sp³-hybridized carbons (Fsp3) is 0.520. The van der Waals surface area contributed by atoms with E-state index < -0.39 is 20.1 Å². The molecule has 9 nitrogen and oxygen atoms in total. The van der Waals surface area contributed by atoms with Gasteiger partial charge in [0.05, 0.1) is 11.2 Å². The maximum Gasteiger partial charge on any atom is 0.294 e. The minimum absolute atomic E-state index is 0.0666. The number of nitrogens with zero attached hydrogens (tertiary/aromatic N) is 2. The van der Waals surface area contributed by atoms with E-state index in [0.29, 0.717) is 19.3 Å².